The van der Waals surface area contributed by atoms with Crippen molar-refractivity contribution in [2.45, 2.75) is 0 Å². The molecule has 1 aromatic carbocycles. The van der Waals surface area contributed by atoms with Gasteiger partial charge in [0.05, 0.1) is 11.1 Å². The number of pyridine rings is 2. The van der Waals surface area contributed by atoms with E-state index in [2.05, 4.69) is 30.9 Å². The van der Waals surface area contributed by atoms with Gasteiger partial charge in [-0.15, -0.1) is 0 Å². The Morgan fingerprint density at radius 2 is 1.81 bits per heavy atom. The van der Waals surface area contributed by atoms with Crippen LogP contribution in [0.1, 0.15) is 11.4 Å². The van der Waals surface area contributed by atoms with E-state index in [9.17, 15) is 9.90 Å². The topological polar surface area (TPSA) is 80.9 Å². The second kappa shape index (κ2) is 7.13. The fraction of sp³-hybridized carbons (Fsp3) is 0. The van der Waals surface area contributed by atoms with E-state index in [1.54, 1.807) is 48.9 Å². The first kappa shape index (κ1) is 17.1. The molecule has 0 fully saturated rings. The van der Waals surface area contributed by atoms with Crippen LogP contribution in [0.5, 0.6) is 0 Å². The number of halogens is 1. The van der Waals surface area contributed by atoms with Gasteiger partial charge in [-0.05, 0) is 52.3 Å². The fourth-order valence-electron chi connectivity index (χ4n) is 2.73. The molecule has 0 unspecified atom stereocenters. The van der Waals surface area contributed by atoms with Crippen molar-refractivity contribution in [3.63, 3.8) is 0 Å². The van der Waals surface area contributed by atoms with E-state index in [0.717, 1.165) is 4.47 Å². The molecular weight excluding hydrogens is 408 g/mol. The van der Waals surface area contributed by atoms with Crippen molar-refractivity contribution in [2.75, 3.05) is 0 Å². The number of rotatable bonds is 3. The van der Waals surface area contributed by atoms with E-state index >= 15 is 0 Å². The number of hydrogen-bond acceptors (Lipinski definition) is 5. The second-order valence-electron chi connectivity index (χ2n) is 5.70. The second-order valence-corrected chi connectivity index (χ2v) is 6.56. The van der Waals surface area contributed by atoms with Crippen LogP contribution in [0.15, 0.2) is 76.4 Å². The highest BCUT2D eigenvalue weighted by Crippen LogP contribution is 2.23. The Morgan fingerprint density at radius 1 is 1.04 bits per heavy atom. The van der Waals surface area contributed by atoms with Crippen molar-refractivity contribution in [3.8, 4) is 5.69 Å². The smallest absolute Gasteiger partial charge is 0.267 e. The van der Waals surface area contributed by atoms with E-state index in [-0.39, 0.29) is 17.1 Å². The maximum absolute atomic E-state index is 13.2. The van der Waals surface area contributed by atoms with E-state index < -0.39 is 0 Å². The monoisotopic (exact) mass is 420 g/mol. The zero-order chi connectivity index (χ0) is 18.8. The van der Waals surface area contributed by atoms with E-state index in [0.29, 0.717) is 22.3 Å². The molecule has 0 aliphatic rings. The molecule has 132 valence electrons. The summed E-state index contributed by atoms with van der Waals surface area (Å²) in [5.41, 5.74) is 1.24. The molecule has 0 amide bonds. The van der Waals surface area contributed by atoms with Crippen LogP contribution >= 0.6 is 15.9 Å². The van der Waals surface area contributed by atoms with Gasteiger partial charge >= 0.3 is 0 Å². The lowest BCUT2D eigenvalue weighted by molar-refractivity contribution is 0.515. The van der Waals surface area contributed by atoms with Crippen molar-refractivity contribution < 1.29 is 5.11 Å². The minimum atomic E-state index is -0.270. The number of para-hydroxylation sites is 1. The molecule has 27 heavy (non-hydrogen) atoms. The maximum atomic E-state index is 13.2. The lowest BCUT2D eigenvalue weighted by Crippen LogP contribution is -2.23. The third kappa shape index (κ3) is 3.24. The number of aromatic nitrogens is 4. The van der Waals surface area contributed by atoms with Gasteiger partial charge in [0.2, 0.25) is 0 Å². The molecule has 3 heterocycles. The third-order valence-electron chi connectivity index (χ3n) is 4.00. The normalized spacial score (nSPS) is 11.7. The molecule has 3 aromatic heterocycles. The van der Waals surface area contributed by atoms with E-state index in [1.807, 2.05) is 18.2 Å². The van der Waals surface area contributed by atoms with Crippen molar-refractivity contribution in [2.24, 2.45) is 0 Å². The third-order valence-corrected chi connectivity index (χ3v) is 4.68. The quantitative estimate of drug-likeness (QED) is 0.506. The zero-order valence-electron chi connectivity index (χ0n) is 14.0. The van der Waals surface area contributed by atoms with Crippen molar-refractivity contribution in [1.82, 2.24) is 19.5 Å². The van der Waals surface area contributed by atoms with Crippen LogP contribution in [0.4, 0.5) is 0 Å². The van der Waals surface area contributed by atoms with Gasteiger partial charge in [0, 0.05) is 34.7 Å². The molecular formula is C20H13BrN4O2. The summed E-state index contributed by atoms with van der Waals surface area (Å²) in [6.07, 6.45) is 6.18. The Bertz CT molecular complexity index is 1220. The summed E-state index contributed by atoms with van der Waals surface area (Å²) in [6.45, 7) is 0. The molecule has 1 N–H and O–H groups in total. The highest BCUT2D eigenvalue weighted by atomic mass is 79.9. The van der Waals surface area contributed by atoms with Crippen LogP contribution < -0.4 is 5.56 Å². The number of nitrogens with zero attached hydrogens (tertiary/aromatic N) is 4. The summed E-state index contributed by atoms with van der Waals surface area (Å²) in [5, 5.41) is 10.9. The highest BCUT2D eigenvalue weighted by Gasteiger charge is 2.15. The van der Waals surface area contributed by atoms with Crippen molar-refractivity contribution in [1.29, 1.82) is 0 Å². The van der Waals surface area contributed by atoms with Gasteiger partial charge in [0.1, 0.15) is 11.6 Å². The van der Waals surface area contributed by atoms with Gasteiger partial charge in [-0.1, -0.05) is 12.1 Å². The van der Waals surface area contributed by atoms with Gasteiger partial charge in [0.25, 0.3) is 5.56 Å². The number of benzene rings is 1. The van der Waals surface area contributed by atoms with Crippen LogP contribution in [-0.2, 0) is 0 Å². The maximum Gasteiger partial charge on any atom is 0.267 e. The highest BCUT2D eigenvalue weighted by molar-refractivity contribution is 9.10. The van der Waals surface area contributed by atoms with Crippen LogP contribution in [0, 0.1) is 0 Å². The summed E-state index contributed by atoms with van der Waals surface area (Å²) in [5.74, 6) is 0.243. The zero-order valence-corrected chi connectivity index (χ0v) is 15.5. The van der Waals surface area contributed by atoms with Crippen LogP contribution in [0.3, 0.4) is 0 Å². The number of hydrogen-bond donors (Lipinski definition) is 1. The number of fused-ring (bicyclic) bond motifs is 1. The molecule has 0 aliphatic heterocycles. The Kier molecular flexibility index (Phi) is 4.52. The molecule has 0 saturated carbocycles. The molecule has 4 rings (SSSR count). The first-order valence-corrected chi connectivity index (χ1v) is 8.88. The predicted octanol–water partition coefficient (Wildman–Crippen LogP) is 3.99. The Morgan fingerprint density at radius 3 is 2.59 bits per heavy atom. The lowest BCUT2D eigenvalue weighted by Gasteiger charge is -2.13. The molecule has 0 atom stereocenters. The summed E-state index contributed by atoms with van der Waals surface area (Å²) in [4.78, 5) is 25.8. The van der Waals surface area contributed by atoms with Gasteiger partial charge in [-0.25, -0.2) is 9.97 Å². The van der Waals surface area contributed by atoms with Crippen molar-refractivity contribution >= 4 is 38.8 Å². The largest absolute Gasteiger partial charge is 0.507 e. The molecule has 0 spiro atoms. The predicted molar refractivity (Wildman–Crippen MR) is 108 cm³/mol. The first-order chi connectivity index (χ1) is 13.1. The Balaban J connectivity index is 2.03. The minimum Gasteiger partial charge on any atom is -0.507 e. The summed E-state index contributed by atoms with van der Waals surface area (Å²) in [7, 11) is 0. The van der Waals surface area contributed by atoms with Crippen molar-refractivity contribution in [3.05, 3.63) is 93.3 Å². The van der Waals surface area contributed by atoms with Crippen LogP contribution in [0.2, 0.25) is 0 Å². The lowest BCUT2D eigenvalue weighted by atomic mass is 10.2. The first-order valence-electron chi connectivity index (χ1n) is 8.09. The van der Waals surface area contributed by atoms with Gasteiger partial charge in [-0.2, -0.15) is 0 Å². The molecule has 0 radical (unpaired) electrons. The molecule has 4 aromatic rings. The average molecular weight is 421 g/mol. The SMILES string of the molecule is O=c1c2cccnc2nc(/C=C(\O)c2ccncc2)n1-c1ccccc1Br. The average Bonchev–Trinajstić information content (AvgIpc) is 2.70. The molecule has 6 nitrogen and oxygen atoms in total. The summed E-state index contributed by atoms with van der Waals surface area (Å²) in [6, 6.07) is 14.1. The van der Waals surface area contributed by atoms with Crippen LogP contribution in [-0.4, -0.2) is 24.6 Å². The number of aliphatic hydroxyl groups is 1. The fourth-order valence-corrected chi connectivity index (χ4v) is 3.19. The van der Waals surface area contributed by atoms with Gasteiger partial charge < -0.3 is 5.11 Å². The van der Waals surface area contributed by atoms with Crippen LogP contribution in [0.25, 0.3) is 28.6 Å². The Hall–Kier alpha value is -3.32. The summed E-state index contributed by atoms with van der Waals surface area (Å²) < 4.78 is 2.18. The molecule has 0 saturated heterocycles. The molecule has 0 aliphatic carbocycles. The molecule has 0 bridgehead atoms. The minimum absolute atomic E-state index is 0.0274. The summed E-state index contributed by atoms with van der Waals surface area (Å²) >= 11 is 3.48. The molecule has 7 heteroatoms. The van der Waals surface area contributed by atoms with E-state index in [1.165, 1.54) is 10.6 Å². The van der Waals surface area contributed by atoms with E-state index in [4.69, 9.17) is 0 Å². The van der Waals surface area contributed by atoms with Gasteiger partial charge in [0.15, 0.2) is 5.65 Å². The Labute approximate surface area is 162 Å². The van der Waals surface area contributed by atoms with Gasteiger partial charge in [-0.3, -0.25) is 14.3 Å². The standard InChI is InChI=1S/C20H13BrN4O2/c21-15-5-1-2-6-16(15)25-18(12-17(26)13-7-10-22-11-8-13)24-19-14(20(25)27)4-3-9-23-19/h1-12,26H/b17-12-. The number of aliphatic hydroxyl groups excluding tert-OH is 1.